The quantitative estimate of drug-likeness (QED) is 0.762. The molecule has 1 aliphatic rings. The lowest BCUT2D eigenvalue weighted by Crippen LogP contribution is -2.39. The molecule has 1 fully saturated rings. The fraction of sp³-hybridized carbons (Fsp3) is 0.333. The number of hydrogen-bond acceptors (Lipinski definition) is 2. The molecule has 1 saturated heterocycles. The second kappa shape index (κ2) is 4.84. The van der Waals surface area contributed by atoms with Gasteiger partial charge < -0.3 is 0 Å². The highest BCUT2D eigenvalue weighted by molar-refractivity contribution is 6.31. The smallest absolute Gasteiger partial charge is 0.229 e. The first-order chi connectivity index (χ1) is 8.08. The normalized spacial score (nSPS) is 16.5. The van der Waals surface area contributed by atoms with Gasteiger partial charge >= 0.3 is 0 Å². The minimum Gasteiger partial charge on any atom is -0.278 e. The van der Waals surface area contributed by atoms with E-state index < -0.39 is 5.82 Å². The van der Waals surface area contributed by atoms with Crippen LogP contribution in [0.3, 0.4) is 0 Å². The Morgan fingerprint density at radius 3 is 2.53 bits per heavy atom. The Kier molecular flexibility index (Phi) is 3.43. The van der Waals surface area contributed by atoms with Crippen LogP contribution in [0, 0.1) is 5.82 Å². The first-order valence-electron chi connectivity index (χ1n) is 5.35. The van der Waals surface area contributed by atoms with Crippen LogP contribution in [0.25, 0.3) is 0 Å². The van der Waals surface area contributed by atoms with Crippen molar-refractivity contribution in [2.75, 3.05) is 0 Å². The number of halogens is 2. The van der Waals surface area contributed by atoms with E-state index in [0.717, 1.165) is 4.90 Å². The van der Waals surface area contributed by atoms with E-state index in [9.17, 15) is 14.0 Å². The molecule has 2 amide bonds. The topological polar surface area (TPSA) is 37.4 Å². The summed E-state index contributed by atoms with van der Waals surface area (Å²) in [4.78, 5) is 24.3. The fourth-order valence-corrected chi connectivity index (χ4v) is 1.99. The highest BCUT2D eigenvalue weighted by Gasteiger charge is 2.26. The lowest BCUT2D eigenvalue weighted by Gasteiger charge is -2.25. The maximum Gasteiger partial charge on any atom is 0.229 e. The standard InChI is InChI=1S/C12H11ClFNO2/c13-10-5-4-9(14)6-8(10)7-15-11(16)2-1-3-12(15)17/h4-6H,1-3,7H2. The summed E-state index contributed by atoms with van der Waals surface area (Å²) in [5, 5.41) is 0.359. The predicted molar refractivity (Wildman–Crippen MR) is 60.8 cm³/mol. The average Bonchev–Trinajstić information content (AvgIpc) is 2.28. The predicted octanol–water partition coefficient (Wildman–Crippen LogP) is 2.52. The molecule has 0 radical (unpaired) electrons. The van der Waals surface area contributed by atoms with E-state index in [0.29, 0.717) is 29.8 Å². The van der Waals surface area contributed by atoms with E-state index in [4.69, 9.17) is 11.6 Å². The molecular formula is C12H11ClFNO2. The minimum atomic E-state index is -0.429. The molecule has 0 bridgehead atoms. The van der Waals surface area contributed by atoms with Crippen LogP contribution in [0.2, 0.25) is 5.02 Å². The summed E-state index contributed by atoms with van der Waals surface area (Å²) in [5.74, 6) is -0.871. The van der Waals surface area contributed by atoms with Crippen LogP contribution in [-0.2, 0) is 16.1 Å². The molecule has 0 unspecified atom stereocenters. The molecule has 1 aliphatic heterocycles. The summed E-state index contributed by atoms with van der Waals surface area (Å²) in [6.45, 7) is 0.0499. The summed E-state index contributed by atoms with van der Waals surface area (Å²) >= 11 is 5.89. The lowest BCUT2D eigenvalue weighted by molar-refractivity contribution is -0.148. The molecule has 0 saturated carbocycles. The average molecular weight is 256 g/mol. The van der Waals surface area contributed by atoms with Crippen molar-refractivity contribution in [3.8, 4) is 0 Å². The molecule has 2 rings (SSSR count). The Morgan fingerprint density at radius 1 is 1.24 bits per heavy atom. The van der Waals surface area contributed by atoms with Gasteiger partial charge in [-0.25, -0.2) is 4.39 Å². The third-order valence-corrected chi connectivity index (χ3v) is 3.09. The highest BCUT2D eigenvalue weighted by atomic mass is 35.5. The van der Waals surface area contributed by atoms with Crippen LogP contribution < -0.4 is 0 Å². The van der Waals surface area contributed by atoms with Crippen molar-refractivity contribution in [1.82, 2.24) is 4.90 Å². The summed E-state index contributed by atoms with van der Waals surface area (Å²) in [7, 11) is 0. The molecule has 1 aromatic carbocycles. The second-order valence-corrected chi connectivity index (χ2v) is 4.37. The largest absolute Gasteiger partial charge is 0.278 e. The fourth-order valence-electron chi connectivity index (χ4n) is 1.81. The van der Waals surface area contributed by atoms with E-state index in [1.165, 1.54) is 18.2 Å². The maximum atomic E-state index is 13.0. The van der Waals surface area contributed by atoms with Crippen LogP contribution in [0.5, 0.6) is 0 Å². The van der Waals surface area contributed by atoms with E-state index in [2.05, 4.69) is 0 Å². The zero-order chi connectivity index (χ0) is 12.4. The molecule has 0 aromatic heterocycles. The Hall–Kier alpha value is -1.42. The number of carbonyl (C=O) groups is 2. The van der Waals surface area contributed by atoms with Gasteiger partial charge in [0.1, 0.15) is 5.82 Å². The Morgan fingerprint density at radius 2 is 1.88 bits per heavy atom. The zero-order valence-corrected chi connectivity index (χ0v) is 9.84. The van der Waals surface area contributed by atoms with Gasteiger partial charge in [-0.05, 0) is 30.2 Å². The molecule has 3 nitrogen and oxygen atoms in total. The van der Waals surface area contributed by atoms with Crippen LogP contribution in [0.15, 0.2) is 18.2 Å². The zero-order valence-electron chi connectivity index (χ0n) is 9.08. The summed E-state index contributed by atoms with van der Waals surface area (Å²) in [5.41, 5.74) is 0.454. The summed E-state index contributed by atoms with van der Waals surface area (Å²) in [6.07, 6.45) is 1.31. The third-order valence-electron chi connectivity index (χ3n) is 2.72. The molecule has 0 aliphatic carbocycles. The van der Waals surface area contributed by atoms with Crippen LogP contribution in [0.4, 0.5) is 4.39 Å². The molecule has 17 heavy (non-hydrogen) atoms. The molecule has 0 N–H and O–H groups in total. The molecule has 0 atom stereocenters. The van der Waals surface area contributed by atoms with Crippen molar-refractivity contribution in [2.24, 2.45) is 0 Å². The maximum absolute atomic E-state index is 13.0. The Balaban J connectivity index is 2.21. The first kappa shape index (κ1) is 12.0. The van der Waals surface area contributed by atoms with Crippen LogP contribution in [0.1, 0.15) is 24.8 Å². The van der Waals surface area contributed by atoms with Gasteiger partial charge in [0.25, 0.3) is 0 Å². The van der Waals surface area contributed by atoms with Crippen LogP contribution in [-0.4, -0.2) is 16.7 Å². The van der Waals surface area contributed by atoms with Crippen molar-refractivity contribution >= 4 is 23.4 Å². The van der Waals surface area contributed by atoms with Gasteiger partial charge in [-0.3, -0.25) is 14.5 Å². The van der Waals surface area contributed by atoms with Crippen molar-refractivity contribution in [3.63, 3.8) is 0 Å². The monoisotopic (exact) mass is 255 g/mol. The number of rotatable bonds is 2. The Labute approximate surface area is 103 Å². The van der Waals surface area contributed by atoms with Gasteiger partial charge in [-0.15, -0.1) is 0 Å². The number of amides is 2. The van der Waals surface area contributed by atoms with Crippen LogP contribution >= 0.6 is 11.6 Å². The summed E-state index contributed by atoms with van der Waals surface area (Å²) in [6, 6.07) is 3.91. The minimum absolute atomic E-state index is 0.0499. The second-order valence-electron chi connectivity index (χ2n) is 3.96. The van der Waals surface area contributed by atoms with Crippen molar-refractivity contribution < 1.29 is 14.0 Å². The van der Waals surface area contributed by atoms with Gasteiger partial charge in [-0.2, -0.15) is 0 Å². The molecule has 1 aromatic rings. The van der Waals surface area contributed by atoms with Gasteiger partial charge in [0.2, 0.25) is 11.8 Å². The molecule has 90 valence electrons. The van der Waals surface area contributed by atoms with Crippen molar-refractivity contribution in [2.45, 2.75) is 25.8 Å². The number of likely N-dealkylation sites (tertiary alicyclic amines) is 1. The van der Waals surface area contributed by atoms with Gasteiger partial charge in [-0.1, -0.05) is 11.6 Å². The van der Waals surface area contributed by atoms with Crippen molar-refractivity contribution in [3.05, 3.63) is 34.6 Å². The molecule has 5 heteroatoms. The van der Waals surface area contributed by atoms with Gasteiger partial charge in [0.05, 0.1) is 6.54 Å². The number of nitrogens with zero attached hydrogens (tertiary/aromatic N) is 1. The Bertz CT molecular complexity index is 460. The van der Waals surface area contributed by atoms with Crippen molar-refractivity contribution in [1.29, 1.82) is 0 Å². The summed E-state index contributed by atoms with van der Waals surface area (Å²) < 4.78 is 13.0. The number of benzene rings is 1. The first-order valence-corrected chi connectivity index (χ1v) is 5.73. The van der Waals surface area contributed by atoms with Gasteiger partial charge in [0.15, 0.2) is 0 Å². The van der Waals surface area contributed by atoms with E-state index >= 15 is 0 Å². The van der Waals surface area contributed by atoms with E-state index in [1.807, 2.05) is 0 Å². The van der Waals surface area contributed by atoms with E-state index in [1.54, 1.807) is 0 Å². The number of hydrogen-bond donors (Lipinski definition) is 0. The molecule has 0 spiro atoms. The highest BCUT2D eigenvalue weighted by Crippen LogP contribution is 2.22. The third kappa shape index (κ3) is 2.64. The lowest BCUT2D eigenvalue weighted by atomic mass is 10.1. The van der Waals surface area contributed by atoms with E-state index in [-0.39, 0.29) is 18.4 Å². The molecular weight excluding hydrogens is 245 g/mol. The number of piperidine rings is 1. The number of carbonyl (C=O) groups excluding carboxylic acids is 2. The number of imide groups is 1. The molecule has 1 heterocycles. The SMILES string of the molecule is O=C1CCCC(=O)N1Cc1cc(F)ccc1Cl. The van der Waals surface area contributed by atoms with Gasteiger partial charge in [0, 0.05) is 17.9 Å².